The van der Waals surface area contributed by atoms with Crippen LogP contribution in [0.3, 0.4) is 0 Å². The number of hydrogen-bond donors (Lipinski definition) is 1. The summed E-state index contributed by atoms with van der Waals surface area (Å²) in [5.74, 6) is -0.881. The molecule has 0 saturated heterocycles. The predicted molar refractivity (Wildman–Crippen MR) is 103 cm³/mol. The van der Waals surface area contributed by atoms with E-state index in [1.54, 1.807) is 18.2 Å². The third kappa shape index (κ3) is 5.13. The summed E-state index contributed by atoms with van der Waals surface area (Å²) in [6, 6.07) is 8.74. The van der Waals surface area contributed by atoms with E-state index in [0.717, 1.165) is 4.90 Å². The van der Waals surface area contributed by atoms with Crippen LogP contribution in [0, 0.1) is 10.1 Å². The molecule has 0 atom stereocenters. The highest BCUT2D eigenvalue weighted by Gasteiger charge is 2.17. The number of methoxy groups -OCH3 is 2. The van der Waals surface area contributed by atoms with Crippen LogP contribution in [0.1, 0.15) is 10.4 Å². The van der Waals surface area contributed by atoms with Crippen molar-refractivity contribution in [3.63, 3.8) is 0 Å². The smallest absolute Gasteiger partial charge is 0.342 e. The van der Waals surface area contributed by atoms with Gasteiger partial charge in [0.1, 0.15) is 17.1 Å². The molecule has 0 radical (unpaired) electrons. The first kappa shape index (κ1) is 21.0. The summed E-state index contributed by atoms with van der Waals surface area (Å²) in [4.78, 5) is 35.4. The molecule has 0 heterocycles. The highest BCUT2D eigenvalue weighted by Crippen LogP contribution is 2.29. The van der Waals surface area contributed by atoms with Crippen molar-refractivity contribution in [2.75, 3.05) is 32.4 Å². The van der Waals surface area contributed by atoms with Crippen molar-refractivity contribution in [2.45, 2.75) is 4.90 Å². The molecular formula is C18H18N2O7S. The van der Waals surface area contributed by atoms with E-state index in [-0.39, 0.29) is 22.7 Å². The third-order valence-electron chi connectivity index (χ3n) is 3.63. The quantitative estimate of drug-likeness (QED) is 0.308. The first-order valence-corrected chi connectivity index (χ1v) is 9.13. The molecule has 0 unspecified atom stereocenters. The first-order valence-electron chi connectivity index (χ1n) is 7.91. The fourth-order valence-electron chi connectivity index (χ4n) is 2.26. The number of thioether (sulfide) groups is 1. The summed E-state index contributed by atoms with van der Waals surface area (Å²) in [5, 5.41) is 13.3. The molecule has 0 aliphatic rings. The molecule has 0 spiro atoms. The zero-order chi connectivity index (χ0) is 20.7. The fourth-order valence-corrected chi connectivity index (χ4v) is 2.69. The molecule has 0 fully saturated rings. The van der Waals surface area contributed by atoms with E-state index in [9.17, 15) is 19.7 Å². The van der Waals surface area contributed by atoms with Gasteiger partial charge in [0.15, 0.2) is 6.61 Å². The molecule has 0 saturated carbocycles. The Morgan fingerprint density at radius 1 is 1.11 bits per heavy atom. The molecule has 1 amide bonds. The fraction of sp³-hybridized carbons (Fsp3) is 0.222. The van der Waals surface area contributed by atoms with Gasteiger partial charge in [0.2, 0.25) is 0 Å². The molecule has 148 valence electrons. The molecule has 1 N–H and O–H groups in total. The number of nitro benzene ring substituents is 1. The Morgan fingerprint density at radius 2 is 1.82 bits per heavy atom. The van der Waals surface area contributed by atoms with Crippen LogP contribution in [-0.4, -0.2) is 43.9 Å². The number of ether oxygens (including phenoxy) is 3. The number of hydrogen-bond acceptors (Lipinski definition) is 8. The molecule has 0 aromatic heterocycles. The van der Waals surface area contributed by atoms with E-state index >= 15 is 0 Å². The number of anilines is 1. The Bertz CT molecular complexity index is 901. The van der Waals surface area contributed by atoms with Gasteiger partial charge in [-0.05, 0) is 30.5 Å². The second-order valence-corrected chi connectivity index (χ2v) is 6.21. The molecule has 2 aromatic carbocycles. The zero-order valence-corrected chi connectivity index (χ0v) is 16.2. The number of esters is 1. The van der Waals surface area contributed by atoms with Gasteiger partial charge >= 0.3 is 5.97 Å². The number of benzene rings is 2. The maximum absolute atomic E-state index is 12.2. The van der Waals surface area contributed by atoms with Gasteiger partial charge in [0.25, 0.3) is 11.6 Å². The van der Waals surface area contributed by atoms with Crippen molar-refractivity contribution in [3.05, 3.63) is 52.1 Å². The number of nitrogens with zero attached hydrogens (tertiary/aromatic N) is 1. The van der Waals surface area contributed by atoms with E-state index < -0.39 is 23.4 Å². The molecule has 0 aliphatic carbocycles. The minimum Gasteiger partial charge on any atom is -0.496 e. The molecule has 2 rings (SSSR count). The summed E-state index contributed by atoms with van der Waals surface area (Å²) < 4.78 is 15.3. The van der Waals surface area contributed by atoms with Crippen LogP contribution < -0.4 is 14.8 Å². The average molecular weight is 406 g/mol. The molecule has 10 heteroatoms. The normalized spacial score (nSPS) is 10.1. The van der Waals surface area contributed by atoms with Gasteiger partial charge in [-0.25, -0.2) is 4.79 Å². The Morgan fingerprint density at radius 3 is 2.43 bits per heavy atom. The Hall–Kier alpha value is -3.27. The van der Waals surface area contributed by atoms with Crippen molar-refractivity contribution in [3.8, 4) is 11.5 Å². The number of nitrogens with one attached hydrogen (secondary N) is 1. The summed E-state index contributed by atoms with van der Waals surface area (Å²) in [7, 11) is 2.75. The lowest BCUT2D eigenvalue weighted by Crippen LogP contribution is -2.21. The van der Waals surface area contributed by atoms with Crippen LogP contribution in [0.4, 0.5) is 11.4 Å². The molecular weight excluding hydrogens is 388 g/mol. The summed E-state index contributed by atoms with van der Waals surface area (Å²) >= 11 is 1.49. The van der Waals surface area contributed by atoms with Gasteiger partial charge in [-0.2, -0.15) is 0 Å². The average Bonchev–Trinajstić information content (AvgIpc) is 2.71. The Kier molecular flexibility index (Phi) is 7.21. The minimum atomic E-state index is -0.713. The van der Waals surface area contributed by atoms with E-state index in [2.05, 4.69) is 5.32 Å². The Balaban J connectivity index is 2.03. The highest BCUT2D eigenvalue weighted by molar-refractivity contribution is 7.98. The van der Waals surface area contributed by atoms with Crippen molar-refractivity contribution in [1.29, 1.82) is 0 Å². The second kappa shape index (κ2) is 9.60. The number of non-ortho nitro benzene ring substituents is 1. The number of carbonyl (C=O) groups excluding carboxylic acids is 2. The van der Waals surface area contributed by atoms with Crippen LogP contribution in [0.15, 0.2) is 41.3 Å². The van der Waals surface area contributed by atoms with Crippen molar-refractivity contribution < 1.29 is 28.7 Å². The Labute approximate surface area is 165 Å². The standard InChI is InChI=1S/C18H18N2O7S/c1-25-15-9-12(28-3)5-6-13(15)18(22)27-10-17(21)19-14-7-4-11(20(23)24)8-16(14)26-2/h4-9H,10H2,1-3H3,(H,19,21). The second-order valence-electron chi connectivity index (χ2n) is 5.33. The van der Waals surface area contributed by atoms with Crippen LogP contribution in [0.2, 0.25) is 0 Å². The van der Waals surface area contributed by atoms with E-state index in [1.165, 1.54) is 44.2 Å². The number of amides is 1. The molecule has 0 aliphatic heterocycles. The van der Waals surface area contributed by atoms with E-state index in [1.807, 2.05) is 6.26 Å². The van der Waals surface area contributed by atoms with Crippen molar-refractivity contribution in [1.82, 2.24) is 0 Å². The van der Waals surface area contributed by atoms with Gasteiger partial charge < -0.3 is 19.5 Å². The molecule has 0 bridgehead atoms. The van der Waals surface area contributed by atoms with Crippen molar-refractivity contribution in [2.24, 2.45) is 0 Å². The van der Waals surface area contributed by atoms with Gasteiger partial charge in [-0.1, -0.05) is 0 Å². The van der Waals surface area contributed by atoms with Crippen LogP contribution in [-0.2, 0) is 9.53 Å². The number of carbonyl (C=O) groups is 2. The highest BCUT2D eigenvalue weighted by atomic mass is 32.2. The maximum atomic E-state index is 12.2. The van der Waals surface area contributed by atoms with Crippen LogP contribution in [0.25, 0.3) is 0 Å². The number of nitro groups is 1. The van der Waals surface area contributed by atoms with Crippen LogP contribution in [0.5, 0.6) is 11.5 Å². The number of rotatable bonds is 8. The van der Waals surface area contributed by atoms with Crippen molar-refractivity contribution >= 4 is 35.0 Å². The lowest BCUT2D eigenvalue weighted by Gasteiger charge is -2.11. The SMILES string of the molecule is COc1cc([N+](=O)[O-])ccc1NC(=O)COC(=O)c1ccc(SC)cc1OC. The summed E-state index contributed by atoms with van der Waals surface area (Å²) in [5.41, 5.74) is 0.235. The van der Waals surface area contributed by atoms with E-state index in [4.69, 9.17) is 14.2 Å². The summed E-state index contributed by atoms with van der Waals surface area (Å²) in [6.45, 7) is -0.549. The lowest BCUT2D eigenvalue weighted by molar-refractivity contribution is -0.384. The molecule has 9 nitrogen and oxygen atoms in total. The van der Waals surface area contributed by atoms with Gasteiger partial charge in [-0.3, -0.25) is 14.9 Å². The monoisotopic (exact) mass is 406 g/mol. The van der Waals surface area contributed by atoms with Gasteiger partial charge in [0, 0.05) is 11.0 Å². The molecule has 28 heavy (non-hydrogen) atoms. The lowest BCUT2D eigenvalue weighted by atomic mass is 10.2. The topological polar surface area (TPSA) is 117 Å². The van der Waals surface area contributed by atoms with Gasteiger partial charge in [0.05, 0.1) is 30.9 Å². The predicted octanol–water partition coefficient (Wildman–Crippen LogP) is 3.13. The van der Waals surface area contributed by atoms with Gasteiger partial charge in [-0.15, -0.1) is 11.8 Å². The third-order valence-corrected chi connectivity index (χ3v) is 4.36. The van der Waals surface area contributed by atoms with E-state index in [0.29, 0.717) is 5.75 Å². The van der Waals surface area contributed by atoms with Crippen LogP contribution >= 0.6 is 11.8 Å². The minimum absolute atomic E-state index is 0.114. The molecule has 2 aromatic rings. The zero-order valence-electron chi connectivity index (χ0n) is 15.4. The summed E-state index contributed by atoms with van der Waals surface area (Å²) in [6.07, 6.45) is 1.89. The maximum Gasteiger partial charge on any atom is 0.342 e. The first-order chi connectivity index (χ1) is 13.4. The largest absolute Gasteiger partial charge is 0.496 e.